The second kappa shape index (κ2) is 8.32. The van der Waals surface area contributed by atoms with E-state index >= 15 is 0 Å². The number of carbonyl (C=O) groups excluding carboxylic acids is 1. The third-order valence-corrected chi connectivity index (χ3v) is 5.02. The van der Waals surface area contributed by atoms with Gasteiger partial charge in [-0.3, -0.25) is 9.78 Å². The molecule has 5 nitrogen and oxygen atoms in total. The van der Waals surface area contributed by atoms with Crippen molar-refractivity contribution in [2.75, 3.05) is 26.8 Å². The second-order valence-corrected chi connectivity index (χ2v) is 6.77. The van der Waals surface area contributed by atoms with Crippen molar-refractivity contribution in [1.29, 1.82) is 0 Å². The minimum atomic E-state index is -0.520. The Morgan fingerprint density at radius 3 is 2.54 bits per heavy atom. The highest BCUT2D eigenvalue weighted by molar-refractivity contribution is 5.90. The summed E-state index contributed by atoms with van der Waals surface area (Å²) >= 11 is 0. The molecule has 26 heavy (non-hydrogen) atoms. The van der Waals surface area contributed by atoms with Crippen LogP contribution in [0, 0.1) is 0 Å². The van der Waals surface area contributed by atoms with Gasteiger partial charge >= 0.3 is 0 Å². The quantitative estimate of drug-likeness (QED) is 0.752. The van der Waals surface area contributed by atoms with E-state index in [9.17, 15) is 9.90 Å². The summed E-state index contributed by atoms with van der Waals surface area (Å²) in [5.74, 6) is 0.768. The minimum absolute atomic E-state index is 0.0246. The Morgan fingerprint density at radius 2 is 1.96 bits per heavy atom. The lowest BCUT2D eigenvalue weighted by Gasteiger charge is -2.27. The number of nitrogens with zero attached hydrogens (tertiary/aromatic N) is 2. The molecule has 1 aliphatic carbocycles. The van der Waals surface area contributed by atoms with E-state index in [0.29, 0.717) is 18.8 Å². The van der Waals surface area contributed by atoms with E-state index in [-0.39, 0.29) is 12.5 Å². The van der Waals surface area contributed by atoms with Crippen LogP contribution in [-0.2, 0) is 16.6 Å². The molecule has 0 spiro atoms. The average Bonchev–Trinajstić information content (AvgIpc) is 3.50. The van der Waals surface area contributed by atoms with Crippen LogP contribution in [0.4, 0.5) is 0 Å². The van der Waals surface area contributed by atoms with E-state index in [2.05, 4.69) is 17.1 Å². The lowest BCUT2D eigenvalue weighted by molar-refractivity contribution is -0.134. The molecule has 1 aromatic heterocycles. The zero-order chi connectivity index (χ0) is 18.4. The summed E-state index contributed by atoms with van der Waals surface area (Å²) in [5.41, 5.74) is 1.55. The van der Waals surface area contributed by atoms with Crippen molar-refractivity contribution in [3.63, 3.8) is 0 Å². The summed E-state index contributed by atoms with van der Waals surface area (Å²) in [5, 5.41) is 9.40. The number of aromatic nitrogens is 1. The summed E-state index contributed by atoms with van der Waals surface area (Å²) in [7, 11) is 1.60. The van der Waals surface area contributed by atoms with Crippen LogP contribution < -0.4 is 4.74 Å². The Labute approximate surface area is 154 Å². The van der Waals surface area contributed by atoms with Crippen molar-refractivity contribution in [2.24, 2.45) is 0 Å². The summed E-state index contributed by atoms with van der Waals surface area (Å²) in [6, 6.07) is 14.0. The van der Waals surface area contributed by atoms with Crippen LogP contribution in [0.3, 0.4) is 0 Å². The molecule has 1 fully saturated rings. The van der Waals surface area contributed by atoms with Crippen molar-refractivity contribution in [1.82, 2.24) is 9.88 Å². The number of hydrogen-bond acceptors (Lipinski definition) is 4. The Balaban J connectivity index is 1.65. The average molecular weight is 354 g/mol. The first-order chi connectivity index (χ1) is 12.7. The van der Waals surface area contributed by atoms with Crippen LogP contribution in [0.5, 0.6) is 5.75 Å². The van der Waals surface area contributed by atoms with Gasteiger partial charge in [-0.15, -0.1) is 0 Å². The van der Waals surface area contributed by atoms with Gasteiger partial charge in [-0.2, -0.15) is 0 Å². The number of methoxy groups -OCH3 is 1. The van der Waals surface area contributed by atoms with Gasteiger partial charge in [0.1, 0.15) is 5.75 Å². The number of rotatable bonds is 9. The lowest BCUT2D eigenvalue weighted by atomic mass is 9.99. The third kappa shape index (κ3) is 4.05. The SMILES string of the molecule is COc1ccc(C2(C(=O)N(CCO)CCCc3ccccc3)CC2)nc1. The lowest BCUT2D eigenvalue weighted by Crippen LogP contribution is -2.42. The van der Waals surface area contributed by atoms with Gasteiger partial charge in [-0.25, -0.2) is 0 Å². The molecule has 3 rings (SSSR count). The van der Waals surface area contributed by atoms with Gasteiger partial charge in [0.15, 0.2) is 0 Å². The molecule has 1 aromatic carbocycles. The summed E-state index contributed by atoms with van der Waals surface area (Å²) < 4.78 is 5.15. The standard InChI is InChI=1S/C21H26N2O3/c1-26-18-9-10-19(22-16-18)21(11-12-21)20(25)23(14-15-24)13-5-8-17-6-3-2-4-7-17/h2-4,6-7,9-10,16,24H,5,8,11-15H2,1H3. The molecule has 1 heterocycles. The maximum atomic E-state index is 13.2. The Bertz CT molecular complexity index is 712. The highest BCUT2D eigenvalue weighted by Crippen LogP contribution is 2.49. The number of benzene rings is 1. The highest BCUT2D eigenvalue weighted by Gasteiger charge is 2.54. The number of hydrogen-bond donors (Lipinski definition) is 1. The summed E-state index contributed by atoms with van der Waals surface area (Å²) in [4.78, 5) is 19.4. The highest BCUT2D eigenvalue weighted by atomic mass is 16.5. The molecule has 0 bridgehead atoms. The van der Waals surface area contributed by atoms with E-state index in [1.807, 2.05) is 30.3 Å². The molecule has 0 atom stereocenters. The van der Waals surface area contributed by atoms with Gasteiger partial charge in [-0.05, 0) is 43.4 Å². The van der Waals surface area contributed by atoms with Gasteiger partial charge in [0.05, 0.1) is 31.0 Å². The first-order valence-corrected chi connectivity index (χ1v) is 9.14. The van der Waals surface area contributed by atoms with Crippen LogP contribution >= 0.6 is 0 Å². The molecule has 1 saturated carbocycles. The van der Waals surface area contributed by atoms with Crippen molar-refractivity contribution in [2.45, 2.75) is 31.1 Å². The maximum Gasteiger partial charge on any atom is 0.234 e. The number of amides is 1. The molecule has 1 N–H and O–H groups in total. The number of aliphatic hydroxyl groups excluding tert-OH is 1. The van der Waals surface area contributed by atoms with Crippen LogP contribution in [0.25, 0.3) is 0 Å². The van der Waals surface area contributed by atoms with Gasteiger partial charge < -0.3 is 14.7 Å². The molecule has 1 aliphatic rings. The van der Waals surface area contributed by atoms with Gasteiger partial charge in [-0.1, -0.05) is 30.3 Å². The van der Waals surface area contributed by atoms with Gasteiger partial charge in [0.2, 0.25) is 5.91 Å². The van der Waals surface area contributed by atoms with Crippen LogP contribution in [0.1, 0.15) is 30.5 Å². The molecule has 1 amide bonds. The maximum absolute atomic E-state index is 13.2. The van der Waals surface area contributed by atoms with Gasteiger partial charge in [0, 0.05) is 13.1 Å². The minimum Gasteiger partial charge on any atom is -0.495 e. The number of aryl methyl sites for hydroxylation is 1. The molecule has 138 valence electrons. The van der Waals surface area contributed by atoms with E-state index in [1.165, 1.54) is 5.56 Å². The molecule has 0 unspecified atom stereocenters. The van der Waals surface area contributed by atoms with Crippen molar-refractivity contribution in [3.05, 3.63) is 59.9 Å². The Kier molecular flexibility index (Phi) is 5.89. The number of pyridine rings is 1. The zero-order valence-corrected chi connectivity index (χ0v) is 15.2. The molecular weight excluding hydrogens is 328 g/mol. The Hall–Kier alpha value is -2.40. The fraction of sp³-hybridized carbons (Fsp3) is 0.429. The van der Waals surface area contributed by atoms with Crippen LogP contribution in [0.2, 0.25) is 0 Å². The van der Waals surface area contributed by atoms with E-state index in [4.69, 9.17) is 4.74 Å². The van der Waals surface area contributed by atoms with Crippen molar-refractivity contribution >= 4 is 5.91 Å². The molecule has 2 aromatic rings. The molecule has 0 radical (unpaired) electrons. The predicted octanol–water partition coefficient (Wildman–Crippen LogP) is 2.58. The van der Waals surface area contributed by atoms with Gasteiger partial charge in [0.25, 0.3) is 0 Å². The van der Waals surface area contributed by atoms with E-state index < -0.39 is 5.41 Å². The molecule has 0 aliphatic heterocycles. The zero-order valence-electron chi connectivity index (χ0n) is 15.2. The fourth-order valence-electron chi connectivity index (χ4n) is 3.35. The number of ether oxygens (including phenoxy) is 1. The van der Waals surface area contributed by atoms with E-state index in [1.54, 1.807) is 18.2 Å². The fourth-order valence-corrected chi connectivity index (χ4v) is 3.35. The monoisotopic (exact) mass is 354 g/mol. The smallest absolute Gasteiger partial charge is 0.234 e. The number of carbonyl (C=O) groups is 1. The second-order valence-electron chi connectivity index (χ2n) is 6.77. The summed E-state index contributed by atoms with van der Waals surface area (Å²) in [6.07, 6.45) is 5.08. The number of aliphatic hydroxyl groups is 1. The predicted molar refractivity (Wildman–Crippen MR) is 100 cm³/mol. The van der Waals surface area contributed by atoms with Crippen LogP contribution in [0.15, 0.2) is 48.7 Å². The van der Waals surface area contributed by atoms with Crippen LogP contribution in [-0.4, -0.2) is 47.7 Å². The largest absolute Gasteiger partial charge is 0.495 e. The molecule has 0 saturated heterocycles. The van der Waals surface area contributed by atoms with E-state index in [0.717, 1.165) is 31.4 Å². The Morgan fingerprint density at radius 1 is 1.19 bits per heavy atom. The third-order valence-electron chi connectivity index (χ3n) is 5.02. The molecular formula is C21H26N2O3. The normalized spacial score (nSPS) is 14.7. The van der Waals surface area contributed by atoms with Crippen molar-refractivity contribution in [3.8, 4) is 5.75 Å². The summed E-state index contributed by atoms with van der Waals surface area (Å²) in [6.45, 7) is 0.987. The van der Waals surface area contributed by atoms with Crippen molar-refractivity contribution < 1.29 is 14.6 Å². The first-order valence-electron chi connectivity index (χ1n) is 9.14. The first kappa shape index (κ1) is 18.4. The topological polar surface area (TPSA) is 62.7 Å². The molecule has 5 heteroatoms.